The van der Waals surface area contributed by atoms with Gasteiger partial charge in [-0.3, -0.25) is 4.79 Å². The maximum Gasteiger partial charge on any atom is 0.320 e. The van der Waals surface area contributed by atoms with E-state index in [-0.39, 0.29) is 10.5 Å². The van der Waals surface area contributed by atoms with E-state index in [1.54, 1.807) is 0 Å². The number of hydrogen-bond acceptors (Lipinski definition) is 5. The van der Waals surface area contributed by atoms with Crippen molar-refractivity contribution in [2.45, 2.75) is 4.90 Å². The fraction of sp³-hybridized carbons (Fsp3) is 0.250. The average Bonchev–Trinajstić information content (AvgIpc) is 2.42. The van der Waals surface area contributed by atoms with Crippen LogP contribution in [-0.2, 0) is 19.6 Å². The van der Waals surface area contributed by atoms with Crippen LogP contribution in [0.15, 0.2) is 23.1 Å². The number of benzene rings is 1. The Bertz CT molecular complexity index is 660. The number of carbonyl (C=O) groups is 1. The number of methoxy groups -OCH3 is 1. The second kappa shape index (κ2) is 7.00. The summed E-state index contributed by atoms with van der Waals surface area (Å²) in [6.45, 7) is -1.05. The molecule has 2 N–H and O–H groups in total. The molecule has 1 aromatic carbocycles. The molecule has 0 radical (unpaired) electrons. The first-order valence-corrected chi connectivity index (χ1v) is 6.85. The number of halogens is 1. The summed E-state index contributed by atoms with van der Waals surface area (Å²) in [7, 11) is -2.93. The summed E-state index contributed by atoms with van der Waals surface area (Å²) in [6, 6.07) is 2.91. The van der Waals surface area contributed by atoms with Gasteiger partial charge in [-0.1, -0.05) is 11.8 Å². The summed E-state index contributed by atoms with van der Waals surface area (Å²) in [5, 5.41) is 8.61. The summed E-state index contributed by atoms with van der Waals surface area (Å²) < 4.78 is 43.4. The first-order chi connectivity index (χ1) is 9.40. The summed E-state index contributed by atoms with van der Waals surface area (Å²) in [6.07, 6.45) is 0. The van der Waals surface area contributed by atoms with Crippen LogP contribution in [0, 0.1) is 17.7 Å². The summed E-state index contributed by atoms with van der Waals surface area (Å²) in [5.41, 5.74) is -0.114. The normalized spacial score (nSPS) is 10.6. The maximum absolute atomic E-state index is 13.1. The Labute approximate surface area is 115 Å². The monoisotopic (exact) mass is 301 g/mol. The molecule has 0 aromatic heterocycles. The Hall–Kier alpha value is -1.95. The Morgan fingerprint density at radius 2 is 2.20 bits per heavy atom. The first-order valence-electron chi connectivity index (χ1n) is 5.36. The van der Waals surface area contributed by atoms with Crippen molar-refractivity contribution in [3.63, 3.8) is 0 Å². The Balaban J connectivity index is 3.14. The first kappa shape index (κ1) is 16.1. The van der Waals surface area contributed by atoms with Gasteiger partial charge in [0.15, 0.2) is 0 Å². The van der Waals surface area contributed by atoms with Crippen LogP contribution in [0.25, 0.3) is 0 Å². The van der Waals surface area contributed by atoms with Gasteiger partial charge in [-0.05, 0) is 18.2 Å². The fourth-order valence-corrected chi connectivity index (χ4v) is 2.38. The molecule has 0 fully saturated rings. The van der Waals surface area contributed by atoms with E-state index < -0.39 is 35.0 Å². The number of hydrogen-bond donors (Lipinski definition) is 2. The highest BCUT2D eigenvalue weighted by atomic mass is 32.2. The third kappa shape index (κ3) is 4.31. The standard InChI is InChI=1S/C12H12FNO5S/c1-19-12(16)8-14-20(17,18)11-5-4-10(13)7-9(11)3-2-6-15/h4-5,7,14-15H,6,8H2,1H3. The highest BCUT2D eigenvalue weighted by Crippen LogP contribution is 2.16. The smallest absolute Gasteiger partial charge is 0.320 e. The highest BCUT2D eigenvalue weighted by molar-refractivity contribution is 7.89. The Morgan fingerprint density at radius 3 is 2.80 bits per heavy atom. The van der Waals surface area contributed by atoms with Crippen molar-refractivity contribution in [3.8, 4) is 11.8 Å². The third-order valence-electron chi connectivity index (χ3n) is 2.17. The van der Waals surface area contributed by atoms with Gasteiger partial charge in [0.05, 0.1) is 12.0 Å². The van der Waals surface area contributed by atoms with Crippen molar-refractivity contribution in [2.75, 3.05) is 20.3 Å². The topological polar surface area (TPSA) is 92.7 Å². The summed E-state index contributed by atoms with van der Waals surface area (Å²) in [5.74, 6) is 3.14. The van der Waals surface area contributed by atoms with Crippen LogP contribution in [0.5, 0.6) is 0 Å². The van der Waals surface area contributed by atoms with Crippen molar-refractivity contribution in [1.82, 2.24) is 4.72 Å². The van der Waals surface area contributed by atoms with E-state index >= 15 is 0 Å². The van der Waals surface area contributed by atoms with Crippen molar-refractivity contribution < 1.29 is 27.4 Å². The minimum absolute atomic E-state index is 0.114. The molecule has 20 heavy (non-hydrogen) atoms. The van der Waals surface area contributed by atoms with Gasteiger partial charge in [-0.25, -0.2) is 12.8 Å². The highest BCUT2D eigenvalue weighted by Gasteiger charge is 2.19. The molecule has 1 rings (SSSR count). The number of aliphatic hydroxyl groups excluding tert-OH is 1. The van der Waals surface area contributed by atoms with Crippen LogP contribution < -0.4 is 4.72 Å². The number of nitrogens with one attached hydrogen (secondary N) is 1. The van der Waals surface area contributed by atoms with E-state index in [1.165, 1.54) is 0 Å². The molecule has 6 nitrogen and oxygen atoms in total. The molecule has 0 aliphatic rings. The lowest BCUT2D eigenvalue weighted by molar-refractivity contribution is -0.139. The Kier molecular flexibility index (Phi) is 5.64. The van der Waals surface area contributed by atoms with Crippen LogP contribution >= 0.6 is 0 Å². The van der Waals surface area contributed by atoms with Crippen LogP contribution in [-0.4, -0.2) is 39.8 Å². The molecule has 108 valence electrons. The zero-order chi connectivity index (χ0) is 15.2. The van der Waals surface area contributed by atoms with Crippen molar-refractivity contribution in [2.24, 2.45) is 0 Å². The summed E-state index contributed by atoms with van der Waals surface area (Å²) >= 11 is 0. The molecule has 0 heterocycles. The average molecular weight is 301 g/mol. The predicted octanol–water partition coefficient (Wildman–Crippen LogP) is -0.379. The third-order valence-corrected chi connectivity index (χ3v) is 3.63. The molecule has 0 unspecified atom stereocenters. The second-order valence-corrected chi connectivity index (χ2v) is 5.24. The van der Waals surface area contributed by atoms with Crippen LogP contribution in [0.3, 0.4) is 0 Å². The molecular formula is C12H12FNO5S. The van der Waals surface area contributed by atoms with E-state index in [9.17, 15) is 17.6 Å². The SMILES string of the molecule is COC(=O)CNS(=O)(=O)c1ccc(F)cc1C#CCO. The molecule has 0 saturated heterocycles. The zero-order valence-corrected chi connectivity index (χ0v) is 11.3. The van der Waals surface area contributed by atoms with Gasteiger partial charge in [-0.2, -0.15) is 4.72 Å². The van der Waals surface area contributed by atoms with Crippen molar-refractivity contribution >= 4 is 16.0 Å². The van der Waals surface area contributed by atoms with E-state index in [1.807, 2.05) is 4.72 Å². The van der Waals surface area contributed by atoms with Crippen molar-refractivity contribution in [1.29, 1.82) is 0 Å². The lowest BCUT2D eigenvalue weighted by Crippen LogP contribution is -2.30. The van der Waals surface area contributed by atoms with E-state index in [4.69, 9.17) is 5.11 Å². The van der Waals surface area contributed by atoms with E-state index in [0.717, 1.165) is 25.3 Å². The number of esters is 1. The molecule has 0 spiro atoms. The number of carbonyl (C=O) groups excluding carboxylic acids is 1. The van der Waals surface area contributed by atoms with Gasteiger partial charge in [-0.15, -0.1) is 0 Å². The molecule has 0 aliphatic carbocycles. The fourth-order valence-electron chi connectivity index (χ4n) is 1.27. The molecule has 0 atom stereocenters. The van der Waals surface area contributed by atoms with Gasteiger partial charge < -0.3 is 9.84 Å². The molecule has 0 aliphatic heterocycles. The minimum atomic E-state index is -4.04. The molecular weight excluding hydrogens is 289 g/mol. The molecule has 0 bridgehead atoms. The second-order valence-electron chi connectivity index (χ2n) is 3.50. The van der Waals surface area contributed by atoms with Crippen molar-refractivity contribution in [3.05, 3.63) is 29.6 Å². The van der Waals surface area contributed by atoms with Crippen LogP contribution in [0.4, 0.5) is 4.39 Å². The zero-order valence-electron chi connectivity index (χ0n) is 10.5. The lowest BCUT2D eigenvalue weighted by atomic mass is 10.2. The largest absolute Gasteiger partial charge is 0.468 e. The van der Waals surface area contributed by atoms with Gasteiger partial charge in [0.1, 0.15) is 19.0 Å². The van der Waals surface area contributed by atoms with E-state index in [2.05, 4.69) is 16.6 Å². The molecule has 0 amide bonds. The van der Waals surface area contributed by atoms with Gasteiger partial charge in [0, 0.05) is 5.56 Å². The lowest BCUT2D eigenvalue weighted by Gasteiger charge is -2.07. The van der Waals surface area contributed by atoms with Crippen LogP contribution in [0.1, 0.15) is 5.56 Å². The number of aliphatic hydroxyl groups is 1. The molecule has 0 saturated carbocycles. The quantitative estimate of drug-likeness (QED) is 0.584. The molecule has 8 heteroatoms. The predicted molar refractivity (Wildman–Crippen MR) is 67.6 cm³/mol. The molecule has 1 aromatic rings. The maximum atomic E-state index is 13.1. The van der Waals surface area contributed by atoms with Gasteiger partial charge >= 0.3 is 5.97 Å². The van der Waals surface area contributed by atoms with Crippen LogP contribution in [0.2, 0.25) is 0 Å². The van der Waals surface area contributed by atoms with Gasteiger partial charge in [0.25, 0.3) is 0 Å². The number of sulfonamides is 1. The van der Waals surface area contributed by atoms with Gasteiger partial charge in [0.2, 0.25) is 10.0 Å². The summed E-state index contributed by atoms with van der Waals surface area (Å²) in [4.78, 5) is 10.6. The van der Waals surface area contributed by atoms with E-state index in [0.29, 0.717) is 0 Å². The number of rotatable bonds is 4. The number of ether oxygens (including phenoxy) is 1. The Morgan fingerprint density at radius 1 is 1.50 bits per heavy atom. The minimum Gasteiger partial charge on any atom is -0.468 e.